The lowest BCUT2D eigenvalue weighted by atomic mass is 10.0. The summed E-state index contributed by atoms with van der Waals surface area (Å²) in [4.78, 5) is 91.0. The van der Waals surface area contributed by atoms with Crippen LogP contribution in [0.25, 0.3) is 0 Å². The van der Waals surface area contributed by atoms with E-state index in [-0.39, 0.29) is 66.8 Å². The van der Waals surface area contributed by atoms with Gasteiger partial charge in [-0.15, -0.1) is 0 Å². The average molecular weight is 851 g/mol. The van der Waals surface area contributed by atoms with E-state index in [1.165, 1.54) is 0 Å². The minimum atomic E-state index is -0.287. The quantitative estimate of drug-likeness (QED) is 0.103. The van der Waals surface area contributed by atoms with E-state index in [0.717, 1.165) is 35.1 Å². The highest BCUT2D eigenvalue weighted by Crippen LogP contribution is 2.18. The van der Waals surface area contributed by atoms with Crippen molar-refractivity contribution in [3.63, 3.8) is 0 Å². The van der Waals surface area contributed by atoms with Crippen molar-refractivity contribution in [2.75, 3.05) is 27.9 Å². The normalized spacial score (nSPS) is 15.7. The number of fused-ring (bicyclic) bond motifs is 9. The van der Waals surface area contributed by atoms with Crippen molar-refractivity contribution in [3.8, 4) is 0 Å². The lowest BCUT2D eigenvalue weighted by Crippen LogP contribution is -2.32. The molecule has 8 bridgehead atoms. The number of hydrogen-bond donors (Lipinski definition) is 8. The molecule has 8 aliphatic rings. The van der Waals surface area contributed by atoms with Gasteiger partial charge < -0.3 is 42.5 Å². The Balaban J connectivity index is 0.000000146. The number of amides is 8. The third-order valence-electron chi connectivity index (χ3n) is 9.75. The van der Waals surface area contributed by atoms with Gasteiger partial charge in [0, 0.05) is 48.7 Å². The number of carbonyl (C=O) groups is 8. The minimum absolute atomic E-state index is 0.0662. The minimum Gasteiger partial charge on any atom is -0.352 e. The van der Waals surface area contributed by atoms with E-state index in [4.69, 9.17) is 0 Å². The fraction of sp³-hybridized carbons (Fsp3) is 0.191. The Hall–Kier alpha value is -8.14. The van der Waals surface area contributed by atoms with Gasteiger partial charge in [-0.2, -0.15) is 0 Å². The van der Waals surface area contributed by atoms with Crippen molar-refractivity contribution in [1.29, 1.82) is 0 Å². The first-order valence-electron chi connectivity index (χ1n) is 20.2. The highest BCUT2D eigenvalue weighted by molar-refractivity contribution is 6.10. The molecule has 0 unspecified atom stereocenters. The van der Waals surface area contributed by atoms with Gasteiger partial charge in [-0.1, -0.05) is 66.7 Å². The van der Waals surface area contributed by atoms with Crippen LogP contribution in [0, 0.1) is 0 Å². The van der Waals surface area contributed by atoms with Crippen LogP contribution < -0.4 is 42.5 Å². The summed E-state index contributed by atoms with van der Waals surface area (Å²) in [5.41, 5.74) is 8.11. The Morgan fingerprint density at radius 2 is 0.683 bits per heavy atom. The van der Waals surface area contributed by atoms with Crippen LogP contribution in [0.15, 0.2) is 121 Å². The molecular formula is C47H46N8O8. The standard InChI is InChI=1S/C20H22N2O2.3C9H8N2O2/c23-19-11-9-15-1-2-16(4-3-15)10-12-20(24)22-14-18-7-5-17(6-8-18)13-21-19;12-8-5-9(13)11-7-2-1-6(10-8)3-4-7;12-8-5-9(13)11-7-3-1-2-6(4-7)10-8;12-8-6-3-1-2-4-7(6)9(13)11-5-10-8/h1-8H,9-14H2,(H,21,23)(H,22,24);3*1-4H,5H2,(H,10,12)(H,11,13). The first kappa shape index (κ1) is 44.4. The molecule has 63 heavy (non-hydrogen) atoms. The van der Waals surface area contributed by atoms with E-state index >= 15 is 0 Å². The van der Waals surface area contributed by atoms with Gasteiger partial charge in [0.1, 0.15) is 12.8 Å². The van der Waals surface area contributed by atoms with Crippen molar-refractivity contribution in [3.05, 3.63) is 155 Å². The summed E-state index contributed by atoms with van der Waals surface area (Å²) in [6.07, 6.45) is 2.18. The van der Waals surface area contributed by atoms with Crippen LogP contribution in [-0.2, 0) is 54.7 Å². The maximum Gasteiger partial charge on any atom is 0.253 e. The predicted octanol–water partition coefficient (Wildman–Crippen LogP) is 4.55. The zero-order valence-electron chi connectivity index (χ0n) is 34.2. The number of nitrogens with one attached hydrogen (secondary N) is 8. The summed E-state index contributed by atoms with van der Waals surface area (Å²) in [6, 6.07) is 36.9. The molecule has 0 fully saturated rings. The Kier molecular flexibility index (Phi) is 15.5. The number of hydrogen-bond acceptors (Lipinski definition) is 8. The summed E-state index contributed by atoms with van der Waals surface area (Å²) in [5, 5.41) is 21.5. The van der Waals surface area contributed by atoms with Gasteiger partial charge in [-0.25, -0.2) is 0 Å². The molecule has 16 nitrogen and oxygen atoms in total. The fourth-order valence-electron chi connectivity index (χ4n) is 6.44. The first-order chi connectivity index (χ1) is 30.4. The molecule has 0 aromatic heterocycles. The Labute approximate surface area is 363 Å². The number of carbonyl (C=O) groups excluding carboxylic acids is 8. The molecule has 0 aliphatic carbocycles. The zero-order chi connectivity index (χ0) is 44.6. The summed E-state index contributed by atoms with van der Waals surface area (Å²) in [5.74, 6) is -1.44. The van der Waals surface area contributed by atoms with Gasteiger partial charge in [0.2, 0.25) is 35.4 Å². The van der Waals surface area contributed by atoms with Crippen molar-refractivity contribution in [2.45, 2.75) is 51.6 Å². The SMILES string of the molecule is O=C1CC(=O)Nc2ccc(cc2)N1.O=C1CC(=O)Nc2cccc(c2)N1.O=C1CCc2ccc(cc2)CCC(=O)NCc2ccc(cc2)CN1.O=C1NCNC(=O)c2ccccc21. The molecule has 16 heteroatoms. The maximum absolute atomic E-state index is 12.0. The second-order valence-electron chi connectivity index (χ2n) is 14.6. The molecule has 0 spiro atoms. The first-order valence-corrected chi connectivity index (χ1v) is 20.2. The monoisotopic (exact) mass is 850 g/mol. The third-order valence-corrected chi connectivity index (χ3v) is 9.75. The van der Waals surface area contributed by atoms with Gasteiger partial charge in [0.15, 0.2) is 0 Å². The molecular weight excluding hydrogens is 805 g/mol. The highest BCUT2D eigenvalue weighted by Gasteiger charge is 2.19. The van der Waals surface area contributed by atoms with Gasteiger partial charge in [-0.05, 0) is 89.7 Å². The van der Waals surface area contributed by atoms with E-state index < -0.39 is 0 Å². The van der Waals surface area contributed by atoms with Crippen LogP contribution in [0.5, 0.6) is 0 Å². The number of benzene rings is 5. The van der Waals surface area contributed by atoms with Crippen LogP contribution in [0.2, 0.25) is 0 Å². The lowest BCUT2D eigenvalue weighted by molar-refractivity contribution is -0.125. The molecule has 8 aliphatic heterocycles. The van der Waals surface area contributed by atoms with Crippen molar-refractivity contribution >= 4 is 70.0 Å². The van der Waals surface area contributed by atoms with Crippen LogP contribution in [0.1, 0.15) is 68.7 Å². The summed E-state index contributed by atoms with van der Waals surface area (Å²) in [7, 11) is 0. The molecule has 0 saturated carbocycles. The van der Waals surface area contributed by atoms with Crippen molar-refractivity contribution < 1.29 is 38.4 Å². The molecule has 8 heterocycles. The molecule has 5 aromatic carbocycles. The van der Waals surface area contributed by atoms with Gasteiger partial charge in [0.25, 0.3) is 11.8 Å². The largest absolute Gasteiger partial charge is 0.352 e. The molecule has 13 rings (SSSR count). The summed E-state index contributed by atoms with van der Waals surface area (Å²) >= 11 is 0. The van der Waals surface area contributed by atoms with Gasteiger partial charge in [0.05, 0.1) is 17.8 Å². The van der Waals surface area contributed by atoms with Crippen LogP contribution >= 0.6 is 0 Å². The molecule has 5 aromatic rings. The Bertz CT molecular complexity index is 2260. The van der Waals surface area contributed by atoms with Crippen molar-refractivity contribution in [1.82, 2.24) is 21.3 Å². The smallest absolute Gasteiger partial charge is 0.253 e. The Morgan fingerprint density at radius 3 is 1.08 bits per heavy atom. The van der Waals surface area contributed by atoms with Crippen LogP contribution in [0.3, 0.4) is 0 Å². The summed E-state index contributed by atoms with van der Waals surface area (Å²) < 4.78 is 0. The number of rotatable bonds is 0. The molecule has 0 saturated heterocycles. The molecule has 8 amide bonds. The topological polar surface area (TPSA) is 233 Å². The van der Waals surface area contributed by atoms with E-state index in [9.17, 15) is 38.4 Å². The van der Waals surface area contributed by atoms with E-state index in [1.807, 2.05) is 48.5 Å². The second-order valence-corrected chi connectivity index (χ2v) is 14.6. The zero-order valence-corrected chi connectivity index (χ0v) is 34.2. The molecule has 322 valence electrons. The fourth-order valence-corrected chi connectivity index (χ4v) is 6.44. The third kappa shape index (κ3) is 14.2. The predicted molar refractivity (Wildman–Crippen MR) is 236 cm³/mol. The molecule has 0 atom stereocenters. The van der Waals surface area contributed by atoms with E-state index in [2.05, 4.69) is 42.5 Å². The van der Waals surface area contributed by atoms with E-state index in [1.54, 1.807) is 72.8 Å². The van der Waals surface area contributed by atoms with Crippen LogP contribution in [0.4, 0.5) is 22.7 Å². The Morgan fingerprint density at radius 1 is 0.317 bits per heavy atom. The highest BCUT2D eigenvalue weighted by atomic mass is 16.2. The molecule has 8 N–H and O–H groups in total. The average Bonchev–Trinajstić information content (AvgIpc) is 3.32. The maximum atomic E-state index is 12.0. The summed E-state index contributed by atoms with van der Waals surface area (Å²) in [6.45, 7) is 1.25. The van der Waals surface area contributed by atoms with E-state index in [0.29, 0.717) is 59.8 Å². The lowest BCUT2D eigenvalue weighted by Gasteiger charge is -2.12. The van der Waals surface area contributed by atoms with Crippen LogP contribution in [-0.4, -0.2) is 53.9 Å². The van der Waals surface area contributed by atoms with Gasteiger partial charge >= 0.3 is 0 Å². The number of aryl methyl sites for hydroxylation is 2. The van der Waals surface area contributed by atoms with Gasteiger partial charge in [-0.3, -0.25) is 38.4 Å². The second kappa shape index (κ2) is 21.9. The molecule has 0 radical (unpaired) electrons. The number of anilines is 4. The van der Waals surface area contributed by atoms with Crippen molar-refractivity contribution in [2.24, 2.45) is 0 Å².